The molecule has 6 bridgehead atoms. The topological polar surface area (TPSA) is 145 Å². The van der Waals surface area contributed by atoms with Crippen molar-refractivity contribution in [2.75, 3.05) is 38.3 Å². The van der Waals surface area contributed by atoms with Crippen LogP contribution in [0.2, 0.25) is 0 Å². The molecule has 2 aliphatic carbocycles. The number of aliphatic hydroxyl groups is 1. The second-order valence-corrected chi connectivity index (χ2v) is 12.1. The van der Waals surface area contributed by atoms with E-state index in [1.807, 2.05) is 0 Å². The van der Waals surface area contributed by atoms with E-state index in [-0.39, 0.29) is 41.5 Å². The van der Waals surface area contributed by atoms with Crippen LogP contribution in [0.5, 0.6) is 5.75 Å². The van der Waals surface area contributed by atoms with Crippen LogP contribution in [-0.4, -0.2) is 76.6 Å². The summed E-state index contributed by atoms with van der Waals surface area (Å²) in [6.45, 7) is 5.15. The highest BCUT2D eigenvalue weighted by molar-refractivity contribution is 5.96. The standard InChI is InChI=1S/C33H38N4O6/c1-18(31-35-19(2)30(41)29(36-31)32(42)34-16-27(39)40)33(28-20-4-5-21(28)7-6-20)23-10-12-37(13-11-23)26-9-8-24(33)14-22(26)15-25(38)17-43-3/h4-9,14,18,23,25,28,38,41H,10-13,15-17H2,1-3H3,(H,34,42)(H,39,40). The van der Waals surface area contributed by atoms with Gasteiger partial charge in [0.15, 0.2) is 11.4 Å². The lowest BCUT2D eigenvalue weighted by molar-refractivity contribution is -0.135. The van der Waals surface area contributed by atoms with Gasteiger partial charge in [0, 0.05) is 49.6 Å². The van der Waals surface area contributed by atoms with E-state index in [4.69, 9.17) is 14.8 Å². The minimum absolute atomic E-state index is 0.0433. The van der Waals surface area contributed by atoms with Gasteiger partial charge in [0.2, 0.25) is 0 Å². The number of aromatic hydroxyl groups is 1. The summed E-state index contributed by atoms with van der Waals surface area (Å²) in [4.78, 5) is 35.9. The van der Waals surface area contributed by atoms with Crippen LogP contribution >= 0.6 is 0 Å². The van der Waals surface area contributed by atoms with E-state index < -0.39 is 29.9 Å². The molecule has 6 heterocycles. The number of rotatable bonds is 10. The molecule has 10 heteroatoms. The maximum Gasteiger partial charge on any atom is 0.322 e. The molecule has 10 nitrogen and oxygen atoms in total. The molecule has 5 aliphatic heterocycles. The number of benzene rings is 1. The zero-order valence-corrected chi connectivity index (χ0v) is 24.7. The second-order valence-electron chi connectivity index (χ2n) is 12.1. The molecule has 1 aromatic heterocycles. The molecule has 7 aliphatic rings. The van der Waals surface area contributed by atoms with Crippen molar-refractivity contribution < 1.29 is 29.6 Å². The first-order valence-electron chi connectivity index (χ1n) is 14.9. The van der Waals surface area contributed by atoms with Gasteiger partial charge in [0.05, 0.1) is 18.4 Å². The number of aryl methyl sites for hydroxylation is 1. The highest BCUT2D eigenvalue weighted by atomic mass is 16.5. The Morgan fingerprint density at radius 3 is 2.49 bits per heavy atom. The minimum Gasteiger partial charge on any atom is -0.504 e. The summed E-state index contributed by atoms with van der Waals surface area (Å²) in [5.74, 6) is -1.90. The number of carboxylic acid groups (broad SMARTS) is 1. The molecule has 0 saturated carbocycles. The Labute approximate surface area is 250 Å². The van der Waals surface area contributed by atoms with E-state index in [9.17, 15) is 19.8 Å². The minimum atomic E-state index is -1.19. The van der Waals surface area contributed by atoms with Crippen molar-refractivity contribution in [1.82, 2.24) is 15.3 Å². The molecule has 3 unspecified atom stereocenters. The maximum atomic E-state index is 13.0. The Balaban J connectivity index is 1.54. The number of nitrogens with one attached hydrogen (secondary N) is 1. The number of carbonyl (C=O) groups is 2. The second kappa shape index (κ2) is 11.2. The third kappa shape index (κ3) is 4.82. The van der Waals surface area contributed by atoms with E-state index in [0.29, 0.717) is 12.2 Å². The number of aliphatic hydroxyl groups excluding tert-OH is 1. The normalized spacial score (nSPS) is 23.4. The molecule has 1 fully saturated rings. The molecule has 226 valence electrons. The van der Waals surface area contributed by atoms with Gasteiger partial charge < -0.3 is 30.3 Å². The SMILES string of the molecule is COCC(O)Cc1cc2ccc1N1CCC(CC1)C2(C1C2=CC=C1C=C2)C(C)c1nc(C)c(O)c(C(=O)NCC(=O)O)n1. The quantitative estimate of drug-likeness (QED) is 0.330. The van der Waals surface area contributed by atoms with Gasteiger partial charge in [0.25, 0.3) is 5.91 Å². The molecule has 9 rings (SSSR count). The van der Waals surface area contributed by atoms with Crippen LogP contribution in [0.4, 0.5) is 5.69 Å². The van der Waals surface area contributed by atoms with Crippen molar-refractivity contribution in [3.63, 3.8) is 0 Å². The smallest absolute Gasteiger partial charge is 0.322 e. The van der Waals surface area contributed by atoms with Crippen molar-refractivity contribution in [2.24, 2.45) is 11.8 Å². The number of hydrogen-bond donors (Lipinski definition) is 4. The van der Waals surface area contributed by atoms with E-state index in [1.165, 1.54) is 11.1 Å². The van der Waals surface area contributed by atoms with Crippen molar-refractivity contribution in [3.05, 3.63) is 82.0 Å². The number of amides is 1. The first-order valence-corrected chi connectivity index (χ1v) is 14.9. The number of fused-ring (bicyclic) bond motifs is 2. The number of aromatic nitrogens is 2. The van der Waals surface area contributed by atoms with E-state index >= 15 is 0 Å². The number of carboxylic acids is 1. The molecule has 0 radical (unpaired) electrons. The summed E-state index contributed by atoms with van der Waals surface area (Å²) in [7, 11) is 1.59. The maximum absolute atomic E-state index is 13.0. The number of carbonyl (C=O) groups excluding carboxylic acids is 1. The zero-order valence-electron chi connectivity index (χ0n) is 24.7. The number of allylic oxidation sites excluding steroid dienone is 6. The predicted molar refractivity (Wildman–Crippen MR) is 160 cm³/mol. The fourth-order valence-electron chi connectivity index (χ4n) is 7.94. The highest BCUT2D eigenvalue weighted by Crippen LogP contribution is 2.61. The van der Waals surface area contributed by atoms with E-state index in [0.717, 1.165) is 42.7 Å². The van der Waals surface area contributed by atoms with Crippen LogP contribution in [0, 0.1) is 18.8 Å². The van der Waals surface area contributed by atoms with Gasteiger partial charge in [-0.15, -0.1) is 0 Å². The number of nitrogens with zero attached hydrogens (tertiary/aromatic N) is 3. The number of aliphatic carboxylic acids is 1. The lowest BCUT2D eigenvalue weighted by Gasteiger charge is -2.51. The van der Waals surface area contributed by atoms with E-state index in [1.54, 1.807) is 14.0 Å². The molecule has 43 heavy (non-hydrogen) atoms. The predicted octanol–water partition coefficient (Wildman–Crippen LogP) is 3.18. The van der Waals surface area contributed by atoms with Crippen molar-refractivity contribution in [3.8, 4) is 5.75 Å². The Bertz CT molecular complexity index is 1530. The average molecular weight is 587 g/mol. The van der Waals surface area contributed by atoms with Crippen LogP contribution in [0.25, 0.3) is 0 Å². The molecular weight excluding hydrogens is 548 g/mol. The van der Waals surface area contributed by atoms with Crippen LogP contribution in [-0.2, 0) is 21.4 Å². The average Bonchev–Trinajstić information content (AvgIpc) is 3.62. The fraction of sp³-hybridized carbons (Fsp3) is 0.455. The lowest BCUT2D eigenvalue weighted by Crippen LogP contribution is -2.50. The van der Waals surface area contributed by atoms with E-state index in [2.05, 4.69) is 64.6 Å². The first kappa shape index (κ1) is 29.1. The number of piperidine rings is 1. The number of ether oxygens (including phenoxy) is 1. The first-order chi connectivity index (χ1) is 20.6. The molecular formula is C33H38N4O6. The fourth-order valence-corrected chi connectivity index (χ4v) is 7.94. The van der Waals surface area contributed by atoms with Gasteiger partial charge in [-0.2, -0.15) is 0 Å². The van der Waals surface area contributed by atoms with Crippen LogP contribution in [0.3, 0.4) is 0 Å². The molecule has 3 atom stereocenters. The third-order valence-electron chi connectivity index (χ3n) is 9.78. The number of anilines is 1. The van der Waals surface area contributed by atoms with Crippen molar-refractivity contribution in [1.29, 1.82) is 0 Å². The van der Waals surface area contributed by atoms with Gasteiger partial charge in [0.1, 0.15) is 12.4 Å². The van der Waals surface area contributed by atoms with Crippen LogP contribution in [0.1, 0.15) is 58.8 Å². The summed E-state index contributed by atoms with van der Waals surface area (Å²) >= 11 is 0. The van der Waals surface area contributed by atoms with Crippen LogP contribution < -0.4 is 10.2 Å². The Kier molecular flexibility index (Phi) is 7.60. The van der Waals surface area contributed by atoms with Crippen molar-refractivity contribution >= 4 is 17.6 Å². The Morgan fingerprint density at radius 2 is 1.86 bits per heavy atom. The monoisotopic (exact) mass is 586 g/mol. The third-order valence-corrected chi connectivity index (χ3v) is 9.78. The van der Waals surface area contributed by atoms with Gasteiger partial charge in [-0.3, -0.25) is 9.59 Å². The summed E-state index contributed by atoms with van der Waals surface area (Å²) in [6.07, 6.45) is 10.4. The van der Waals surface area contributed by atoms with Gasteiger partial charge in [-0.25, -0.2) is 9.97 Å². The lowest BCUT2D eigenvalue weighted by atomic mass is 9.52. The Morgan fingerprint density at radius 1 is 1.16 bits per heavy atom. The molecule has 1 amide bonds. The summed E-state index contributed by atoms with van der Waals surface area (Å²) in [5.41, 5.74) is 5.32. The molecule has 1 aromatic carbocycles. The molecule has 2 aromatic rings. The Hall–Kier alpha value is -4.02. The molecule has 4 N–H and O–H groups in total. The van der Waals surface area contributed by atoms with Gasteiger partial charge in [-0.1, -0.05) is 43.4 Å². The summed E-state index contributed by atoms with van der Waals surface area (Å²) in [6, 6.07) is 6.63. The largest absolute Gasteiger partial charge is 0.504 e. The summed E-state index contributed by atoms with van der Waals surface area (Å²) < 4.78 is 5.25. The molecule has 1 saturated heterocycles. The van der Waals surface area contributed by atoms with Gasteiger partial charge >= 0.3 is 5.97 Å². The highest BCUT2D eigenvalue weighted by Gasteiger charge is 2.56. The number of hydrogen-bond acceptors (Lipinski definition) is 8. The van der Waals surface area contributed by atoms with Crippen molar-refractivity contribution in [2.45, 2.75) is 50.5 Å². The van der Waals surface area contributed by atoms with Crippen LogP contribution in [0.15, 0.2) is 53.6 Å². The van der Waals surface area contributed by atoms with Gasteiger partial charge in [-0.05, 0) is 54.0 Å². The number of methoxy groups -OCH3 is 1. The summed E-state index contributed by atoms with van der Waals surface area (Å²) in [5, 5.41) is 33.0. The molecule has 0 spiro atoms. The zero-order chi connectivity index (χ0) is 30.5.